The molecular formula is C16H23FN6. The first kappa shape index (κ1) is 17.1. The summed E-state index contributed by atoms with van der Waals surface area (Å²) in [6.45, 7) is 2.51. The van der Waals surface area contributed by atoms with Crippen molar-refractivity contribution < 1.29 is 4.39 Å². The maximum absolute atomic E-state index is 12.8. The van der Waals surface area contributed by atoms with Gasteiger partial charge in [0.2, 0.25) is 5.95 Å². The summed E-state index contributed by atoms with van der Waals surface area (Å²) in [6, 6.07) is 6.51. The molecule has 7 heteroatoms. The van der Waals surface area contributed by atoms with Crippen LogP contribution in [0.3, 0.4) is 0 Å². The Morgan fingerprint density at radius 3 is 2.61 bits per heavy atom. The molecule has 124 valence electrons. The molecule has 1 aromatic heterocycles. The van der Waals surface area contributed by atoms with Crippen LogP contribution in [0, 0.1) is 5.82 Å². The Morgan fingerprint density at radius 2 is 1.87 bits per heavy atom. The van der Waals surface area contributed by atoms with Crippen molar-refractivity contribution in [3.8, 4) is 0 Å². The molecule has 1 heterocycles. The summed E-state index contributed by atoms with van der Waals surface area (Å²) < 4.78 is 12.8. The molecule has 0 saturated carbocycles. The Kier molecular flexibility index (Phi) is 6.68. The normalized spacial score (nSPS) is 10.8. The molecule has 2 rings (SSSR count). The Morgan fingerprint density at radius 1 is 1.09 bits per heavy atom. The topological polar surface area (TPSA) is 66.0 Å². The van der Waals surface area contributed by atoms with E-state index >= 15 is 0 Å². The van der Waals surface area contributed by atoms with Crippen molar-refractivity contribution in [2.75, 3.05) is 44.4 Å². The zero-order valence-corrected chi connectivity index (χ0v) is 13.6. The van der Waals surface area contributed by atoms with Gasteiger partial charge in [0, 0.05) is 13.1 Å². The highest BCUT2D eigenvalue weighted by atomic mass is 19.1. The zero-order chi connectivity index (χ0) is 16.5. The predicted octanol–water partition coefficient (Wildman–Crippen LogP) is 2.03. The van der Waals surface area contributed by atoms with E-state index in [0.29, 0.717) is 18.3 Å². The van der Waals surface area contributed by atoms with Crippen LogP contribution in [-0.2, 0) is 6.42 Å². The molecule has 0 aliphatic carbocycles. The van der Waals surface area contributed by atoms with Gasteiger partial charge in [0.25, 0.3) is 0 Å². The fraction of sp³-hybridized carbons (Fsp3) is 0.438. The highest BCUT2D eigenvalue weighted by Gasteiger charge is 2.01. The maximum Gasteiger partial charge on any atom is 0.244 e. The molecule has 2 N–H and O–H groups in total. The summed E-state index contributed by atoms with van der Waals surface area (Å²) in [7, 11) is 4.09. The van der Waals surface area contributed by atoms with E-state index < -0.39 is 0 Å². The first-order valence-corrected chi connectivity index (χ1v) is 7.70. The summed E-state index contributed by atoms with van der Waals surface area (Å²) in [5, 5.41) is 14.3. The number of hydrogen-bond donors (Lipinski definition) is 2. The maximum atomic E-state index is 12.8. The first-order chi connectivity index (χ1) is 11.1. The Balaban J connectivity index is 1.74. The highest BCUT2D eigenvalue weighted by Crippen LogP contribution is 2.06. The molecule has 1 aromatic carbocycles. The van der Waals surface area contributed by atoms with E-state index in [1.807, 2.05) is 14.1 Å². The molecular weight excluding hydrogens is 295 g/mol. The van der Waals surface area contributed by atoms with Crippen LogP contribution in [-0.4, -0.2) is 53.8 Å². The lowest BCUT2D eigenvalue weighted by molar-refractivity contribution is 0.405. The van der Waals surface area contributed by atoms with E-state index in [9.17, 15) is 4.39 Å². The van der Waals surface area contributed by atoms with Crippen LogP contribution in [0.2, 0.25) is 0 Å². The lowest BCUT2D eigenvalue weighted by Gasteiger charge is -2.10. The standard InChI is InChI=1S/C16H23FN6/c1-23(2)11-3-9-19-16-21-15(12-20-22-16)18-10-8-13-4-6-14(17)7-5-13/h4-7,12H,3,8-11H2,1-2H3,(H2,18,19,21,22). The third-order valence-electron chi connectivity index (χ3n) is 3.26. The van der Waals surface area contributed by atoms with E-state index in [2.05, 4.69) is 30.7 Å². The number of halogens is 1. The van der Waals surface area contributed by atoms with Crippen LogP contribution in [0.4, 0.5) is 16.2 Å². The molecule has 0 fully saturated rings. The van der Waals surface area contributed by atoms with Crippen molar-refractivity contribution in [1.82, 2.24) is 20.1 Å². The van der Waals surface area contributed by atoms with Gasteiger partial charge in [-0.15, -0.1) is 5.10 Å². The second kappa shape index (κ2) is 8.99. The molecule has 0 saturated heterocycles. The third-order valence-corrected chi connectivity index (χ3v) is 3.26. The average Bonchev–Trinajstić information content (AvgIpc) is 2.54. The molecule has 0 radical (unpaired) electrons. The molecule has 0 aliphatic heterocycles. The highest BCUT2D eigenvalue weighted by molar-refractivity contribution is 5.37. The Labute approximate surface area is 136 Å². The minimum absolute atomic E-state index is 0.216. The number of anilines is 2. The van der Waals surface area contributed by atoms with Gasteiger partial charge in [-0.1, -0.05) is 12.1 Å². The molecule has 0 spiro atoms. The first-order valence-electron chi connectivity index (χ1n) is 7.70. The quantitative estimate of drug-likeness (QED) is 0.690. The fourth-order valence-corrected chi connectivity index (χ4v) is 2.05. The van der Waals surface area contributed by atoms with Gasteiger partial charge in [0.15, 0.2) is 5.82 Å². The molecule has 0 bridgehead atoms. The second-order valence-electron chi connectivity index (χ2n) is 5.55. The van der Waals surface area contributed by atoms with Crippen molar-refractivity contribution in [3.63, 3.8) is 0 Å². The predicted molar refractivity (Wildman–Crippen MR) is 90.1 cm³/mol. The largest absolute Gasteiger partial charge is 0.368 e. The minimum atomic E-state index is -0.216. The molecule has 0 amide bonds. The third kappa shape index (κ3) is 6.56. The Hall–Kier alpha value is -2.28. The van der Waals surface area contributed by atoms with Crippen molar-refractivity contribution in [3.05, 3.63) is 41.8 Å². The van der Waals surface area contributed by atoms with Crippen LogP contribution < -0.4 is 10.6 Å². The van der Waals surface area contributed by atoms with E-state index in [1.165, 1.54) is 12.1 Å². The van der Waals surface area contributed by atoms with E-state index in [1.54, 1.807) is 18.3 Å². The van der Waals surface area contributed by atoms with Gasteiger partial charge in [0.1, 0.15) is 5.82 Å². The van der Waals surface area contributed by atoms with Crippen molar-refractivity contribution in [2.45, 2.75) is 12.8 Å². The molecule has 6 nitrogen and oxygen atoms in total. The summed E-state index contributed by atoms with van der Waals surface area (Å²) in [6.07, 6.45) is 3.39. The number of nitrogens with one attached hydrogen (secondary N) is 2. The van der Waals surface area contributed by atoms with Crippen molar-refractivity contribution >= 4 is 11.8 Å². The Bertz CT molecular complexity index is 587. The van der Waals surface area contributed by atoms with Crippen LogP contribution in [0.5, 0.6) is 0 Å². The van der Waals surface area contributed by atoms with E-state index in [4.69, 9.17) is 0 Å². The smallest absolute Gasteiger partial charge is 0.244 e. The van der Waals surface area contributed by atoms with Gasteiger partial charge < -0.3 is 15.5 Å². The van der Waals surface area contributed by atoms with Gasteiger partial charge in [-0.2, -0.15) is 10.1 Å². The summed E-state index contributed by atoms with van der Waals surface area (Å²) >= 11 is 0. The van der Waals surface area contributed by atoms with Crippen LogP contribution in [0.1, 0.15) is 12.0 Å². The van der Waals surface area contributed by atoms with Gasteiger partial charge in [0.05, 0.1) is 6.20 Å². The number of rotatable bonds is 9. The SMILES string of the molecule is CN(C)CCCNc1nncc(NCCc2ccc(F)cc2)n1. The zero-order valence-electron chi connectivity index (χ0n) is 13.6. The van der Waals surface area contributed by atoms with E-state index in [-0.39, 0.29) is 5.82 Å². The lowest BCUT2D eigenvalue weighted by atomic mass is 10.1. The number of aromatic nitrogens is 3. The van der Waals surface area contributed by atoms with Gasteiger partial charge in [-0.05, 0) is 51.2 Å². The summed E-state index contributed by atoms with van der Waals surface area (Å²) in [5.41, 5.74) is 1.07. The second-order valence-corrected chi connectivity index (χ2v) is 5.55. The minimum Gasteiger partial charge on any atom is -0.368 e. The van der Waals surface area contributed by atoms with E-state index in [0.717, 1.165) is 31.5 Å². The van der Waals surface area contributed by atoms with Gasteiger partial charge in [-0.25, -0.2) is 4.39 Å². The van der Waals surface area contributed by atoms with Crippen LogP contribution in [0.25, 0.3) is 0 Å². The van der Waals surface area contributed by atoms with Crippen LogP contribution >= 0.6 is 0 Å². The number of benzene rings is 1. The molecule has 0 atom stereocenters. The van der Waals surface area contributed by atoms with Gasteiger partial charge >= 0.3 is 0 Å². The molecule has 23 heavy (non-hydrogen) atoms. The molecule has 2 aromatic rings. The molecule has 0 unspecified atom stereocenters. The van der Waals surface area contributed by atoms with Crippen molar-refractivity contribution in [2.24, 2.45) is 0 Å². The average molecular weight is 318 g/mol. The number of nitrogens with zero attached hydrogens (tertiary/aromatic N) is 4. The lowest BCUT2D eigenvalue weighted by Crippen LogP contribution is -2.17. The monoisotopic (exact) mass is 318 g/mol. The van der Waals surface area contributed by atoms with Gasteiger partial charge in [-0.3, -0.25) is 0 Å². The fourth-order valence-electron chi connectivity index (χ4n) is 2.05. The van der Waals surface area contributed by atoms with Crippen LogP contribution in [0.15, 0.2) is 30.5 Å². The summed E-state index contributed by atoms with van der Waals surface area (Å²) in [4.78, 5) is 6.50. The molecule has 0 aliphatic rings. The summed E-state index contributed by atoms with van der Waals surface area (Å²) in [5.74, 6) is 0.986. The van der Waals surface area contributed by atoms with Crippen molar-refractivity contribution in [1.29, 1.82) is 0 Å². The number of hydrogen-bond acceptors (Lipinski definition) is 6.